The SMILES string of the molecule is CC(C)C1=NC2(CCNC2)CO1. The summed E-state index contributed by atoms with van der Waals surface area (Å²) in [5.74, 6) is 1.38. The Balaban J connectivity index is 2.12. The number of nitrogens with one attached hydrogen (secondary N) is 1. The first-order chi connectivity index (χ1) is 5.72. The number of hydrogen-bond donors (Lipinski definition) is 1. The molecule has 3 heteroatoms. The van der Waals surface area contributed by atoms with Crippen molar-refractivity contribution in [3.05, 3.63) is 0 Å². The van der Waals surface area contributed by atoms with Crippen LogP contribution in [0.2, 0.25) is 0 Å². The van der Waals surface area contributed by atoms with E-state index in [0.29, 0.717) is 5.92 Å². The molecule has 3 nitrogen and oxygen atoms in total. The van der Waals surface area contributed by atoms with Crippen LogP contribution in [-0.2, 0) is 4.74 Å². The van der Waals surface area contributed by atoms with Crippen LogP contribution in [-0.4, -0.2) is 31.1 Å². The van der Waals surface area contributed by atoms with Crippen molar-refractivity contribution in [1.29, 1.82) is 0 Å². The molecule has 2 rings (SSSR count). The fraction of sp³-hybridized carbons (Fsp3) is 0.889. The molecule has 0 radical (unpaired) electrons. The number of hydrogen-bond acceptors (Lipinski definition) is 3. The molecule has 1 saturated heterocycles. The second-order valence-electron chi connectivity index (χ2n) is 4.04. The van der Waals surface area contributed by atoms with Crippen LogP contribution in [0.15, 0.2) is 4.99 Å². The third-order valence-electron chi connectivity index (χ3n) is 2.55. The van der Waals surface area contributed by atoms with E-state index >= 15 is 0 Å². The number of nitrogens with zero attached hydrogens (tertiary/aromatic N) is 1. The molecule has 1 unspecified atom stereocenters. The van der Waals surface area contributed by atoms with Gasteiger partial charge in [0.1, 0.15) is 12.1 Å². The molecule has 2 aliphatic rings. The zero-order valence-corrected chi connectivity index (χ0v) is 7.76. The van der Waals surface area contributed by atoms with E-state index in [-0.39, 0.29) is 5.54 Å². The summed E-state index contributed by atoms with van der Waals surface area (Å²) >= 11 is 0. The molecule has 2 aliphatic heterocycles. The van der Waals surface area contributed by atoms with E-state index in [1.165, 1.54) is 0 Å². The van der Waals surface area contributed by atoms with Gasteiger partial charge in [-0.2, -0.15) is 0 Å². The molecule has 0 aromatic rings. The van der Waals surface area contributed by atoms with Gasteiger partial charge in [-0.3, -0.25) is 0 Å². The summed E-state index contributed by atoms with van der Waals surface area (Å²) < 4.78 is 5.56. The summed E-state index contributed by atoms with van der Waals surface area (Å²) in [5.41, 5.74) is 0.0968. The van der Waals surface area contributed by atoms with Crippen molar-refractivity contribution >= 4 is 5.90 Å². The fourth-order valence-corrected chi connectivity index (χ4v) is 1.75. The van der Waals surface area contributed by atoms with Gasteiger partial charge in [-0.15, -0.1) is 0 Å². The van der Waals surface area contributed by atoms with E-state index in [9.17, 15) is 0 Å². The van der Waals surface area contributed by atoms with Crippen molar-refractivity contribution in [3.8, 4) is 0 Å². The van der Waals surface area contributed by atoms with Gasteiger partial charge in [-0.25, -0.2) is 4.99 Å². The van der Waals surface area contributed by atoms with Crippen LogP contribution in [0.1, 0.15) is 20.3 Å². The van der Waals surface area contributed by atoms with Crippen molar-refractivity contribution in [2.75, 3.05) is 19.7 Å². The Bertz CT molecular complexity index is 205. The molecule has 0 amide bonds. The highest BCUT2D eigenvalue weighted by molar-refractivity contribution is 5.80. The summed E-state index contributed by atoms with van der Waals surface area (Å²) in [4.78, 5) is 4.65. The van der Waals surface area contributed by atoms with Crippen LogP contribution < -0.4 is 5.32 Å². The lowest BCUT2D eigenvalue weighted by Crippen LogP contribution is -2.30. The zero-order valence-electron chi connectivity index (χ0n) is 7.76. The molecule has 12 heavy (non-hydrogen) atoms. The molecule has 1 N–H and O–H groups in total. The topological polar surface area (TPSA) is 33.6 Å². The largest absolute Gasteiger partial charge is 0.478 e. The highest BCUT2D eigenvalue weighted by Crippen LogP contribution is 2.27. The fourth-order valence-electron chi connectivity index (χ4n) is 1.75. The van der Waals surface area contributed by atoms with Crippen molar-refractivity contribution in [3.63, 3.8) is 0 Å². The molecule has 0 saturated carbocycles. The molecule has 0 bridgehead atoms. The van der Waals surface area contributed by atoms with Crippen LogP contribution in [0.4, 0.5) is 0 Å². The lowest BCUT2D eigenvalue weighted by atomic mass is 10.0. The van der Waals surface area contributed by atoms with Crippen molar-refractivity contribution in [1.82, 2.24) is 5.32 Å². The molecule has 1 fully saturated rings. The predicted octanol–water partition coefficient (Wildman–Crippen LogP) is 0.803. The highest BCUT2D eigenvalue weighted by Gasteiger charge is 2.39. The molecule has 0 aromatic carbocycles. The lowest BCUT2D eigenvalue weighted by Gasteiger charge is -2.13. The molecule has 2 heterocycles. The quantitative estimate of drug-likeness (QED) is 0.628. The summed E-state index contributed by atoms with van der Waals surface area (Å²) in [7, 11) is 0. The maximum absolute atomic E-state index is 5.56. The van der Waals surface area contributed by atoms with Gasteiger partial charge in [-0.05, 0) is 13.0 Å². The predicted molar refractivity (Wildman–Crippen MR) is 48.4 cm³/mol. The van der Waals surface area contributed by atoms with E-state index < -0.39 is 0 Å². The van der Waals surface area contributed by atoms with Gasteiger partial charge in [0, 0.05) is 12.5 Å². The Morgan fingerprint density at radius 1 is 1.58 bits per heavy atom. The Kier molecular flexibility index (Phi) is 1.83. The van der Waals surface area contributed by atoms with E-state index in [4.69, 9.17) is 4.74 Å². The number of ether oxygens (including phenoxy) is 1. The van der Waals surface area contributed by atoms with Gasteiger partial charge in [-0.1, -0.05) is 13.8 Å². The monoisotopic (exact) mass is 168 g/mol. The van der Waals surface area contributed by atoms with Crippen molar-refractivity contribution < 1.29 is 4.74 Å². The Morgan fingerprint density at radius 3 is 2.92 bits per heavy atom. The first-order valence-electron chi connectivity index (χ1n) is 4.65. The van der Waals surface area contributed by atoms with Gasteiger partial charge in [0.15, 0.2) is 5.90 Å². The minimum Gasteiger partial charge on any atom is -0.478 e. The zero-order chi connectivity index (χ0) is 8.60. The van der Waals surface area contributed by atoms with Gasteiger partial charge in [0.2, 0.25) is 0 Å². The molecule has 0 aliphatic carbocycles. The Hall–Kier alpha value is -0.570. The number of rotatable bonds is 1. The third kappa shape index (κ3) is 1.22. The summed E-state index contributed by atoms with van der Waals surface area (Å²) in [5, 5.41) is 3.33. The van der Waals surface area contributed by atoms with Crippen molar-refractivity contribution in [2.45, 2.75) is 25.8 Å². The minimum atomic E-state index is 0.0968. The lowest BCUT2D eigenvalue weighted by molar-refractivity contribution is 0.257. The summed E-state index contributed by atoms with van der Waals surface area (Å²) in [6.07, 6.45) is 1.13. The highest BCUT2D eigenvalue weighted by atomic mass is 16.5. The minimum absolute atomic E-state index is 0.0968. The van der Waals surface area contributed by atoms with Crippen LogP contribution in [0.25, 0.3) is 0 Å². The van der Waals surface area contributed by atoms with Crippen LogP contribution in [0.5, 0.6) is 0 Å². The molecular formula is C9H16N2O. The van der Waals surface area contributed by atoms with Crippen LogP contribution in [0, 0.1) is 5.92 Å². The average molecular weight is 168 g/mol. The van der Waals surface area contributed by atoms with Gasteiger partial charge < -0.3 is 10.1 Å². The van der Waals surface area contributed by atoms with Gasteiger partial charge in [0.05, 0.1) is 0 Å². The summed E-state index contributed by atoms with van der Waals surface area (Å²) in [6, 6.07) is 0. The van der Waals surface area contributed by atoms with E-state index in [1.807, 2.05) is 0 Å². The molecule has 1 spiro atoms. The normalized spacial score (nSPS) is 34.4. The third-order valence-corrected chi connectivity index (χ3v) is 2.55. The van der Waals surface area contributed by atoms with E-state index in [2.05, 4.69) is 24.2 Å². The smallest absolute Gasteiger partial charge is 0.186 e. The maximum atomic E-state index is 5.56. The maximum Gasteiger partial charge on any atom is 0.186 e. The number of aliphatic imine (C=N–C) groups is 1. The van der Waals surface area contributed by atoms with Gasteiger partial charge >= 0.3 is 0 Å². The Morgan fingerprint density at radius 2 is 2.42 bits per heavy atom. The Labute approximate surface area is 73.2 Å². The van der Waals surface area contributed by atoms with Gasteiger partial charge in [0.25, 0.3) is 0 Å². The second kappa shape index (κ2) is 2.73. The van der Waals surface area contributed by atoms with Crippen LogP contribution in [0.3, 0.4) is 0 Å². The van der Waals surface area contributed by atoms with E-state index in [1.54, 1.807) is 0 Å². The second-order valence-corrected chi connectivity index (χ2v) is 4.04. The first-order valence-corrected chi connectivity index (χ1v) is 4.65. The standard InChI is InChI=1S/C9H16N2O/c1-7(2)8-11-9(6-12-8)3-4-10-5-9/h7,10H,3-6H2,1-2H3. The molecule has 68 valence electrons. The first kappa shape index (κ1) is 8.05. The molecule has 1 atom stereocenters. The average Bonchev–Trinajstić information content (AvgIpc) is 2.62. The summed E-state index contributed by atoms with van der Waals surface area (Å²) in [6.45, 7) is 7.11. The van der Waals surface area contributed by atoms with Crippen LogP contribution >= 0.6 is 0 Å². The van der Waals surface area contributed by atoms with E-state index in [0.717, 1.165) is 32.0 Å². The van der Waals surface area contributed by atoms with Crippen molar-refractivity contribution in [2.24, 2.45) is 10.9 Å². The molecular weight excluding hydrogens is 152 g/mol. The molecule has 0 aromatic heterocycles.